The highest BCUT2D eigenvalue weighted by atomic mass is 32.2. The van der Waals surface area contributed by atoms with Gasteiger partial charge in [0.15, 0.2) is 0 Å². The van der Waals surface area contributed by atoms with Crippen molar-refractivity contribution in [2.75, 3.05) is 0 Å². The molecule has 2 unspecified atom stereocenters. The average Bonchev–Trinajstić information content (AvgIpc) is 2.27. The summed E-state index contributed by atoms with van der Waals surface area (Å²) in [4.78, 5) is 20.3. The minimum Gasteiger partial charge on any atom is -0.478 e. The largest absolute Gasteiger partial charge is 0.478 e. The van der Waals surface area contributed by atoms with Crippen molar-refractivity contribution < 1.29 is 27.7 Å². The molecule has 0 heterocycles. The lowest BCUT2D eigenvalue weighted by molar-refractivity contribution is -0.131. The molecular weight excluding hydrogens is 274 g/mol. The number of allylic oxidation sites excluding steroid dienone is 1. The van der Waals surface area contributed by atoms with Crippen LogP contribution in [0.15, 0.2) is 24.8 Å². The first-order valence-corrected chi connectivity index (χ1v) is 6.81. The molecule has 0 aliphatic carbocycles. The first-order valence-electron chi connectivity index (χ1n) is 5.31. The summed E-state index contributed by atoms with van der Waals surface area (Å²) in [5.41, 5.74) is 0. The molecular formula is C11H19NO6S. The van der Waals surface area contributed by atoms with Crippen molar-refractivity contribution in [2.24, 2.45) is 0 Å². The lowest BCUT2D eigenvalue weighted by Crippen LogP contribution is -2.42. The Hall–Kier alpha value is -1.67. The summed E-state index contributed by atoms with van der Waals surface area (Å²) in [6, 6.07) is -0.652. The molecule has 0 aromatic rings. The predicted octanol–water partition coefficient (Wildman–Crippen LogP) is 0.600. The molecule has 7 nitrogen and oxygen atoms in total. The Morgan fingerprint density at radius 2 is 1.79 bits per heavy atom. The minimum atomic E-state index is -4.10. The first-order chi connectivity index (χ1) is 8.56. The van der Waals surface area contributed by atoms with Gasteiger partial charge in [0.1, 0.15) is 5.25 Å². The third kappa shape index (κ3) is 11.2. The second kappa shape index (κ2) is 9.29. The van der Waals surface area contributed by atoms with Crippen LogP contribution in [0.4, 0.5) is 0 Å². The summed E-state index contributed by atoms with van der Waals surface area (Å²) in [5, 5.41) is 9.14. The van der Waals surface area contributed by atoms with E-state index in [0.29, 0.717) is 0 Å². The molecule has 0 aliphatic heterocycles. The van der Waals surface area contributed by atoms with Crippen LogP contribution < -0.4 is 5.32 Å². The molecule has 0 fully saturated rings. The van der Waals surface area contributed by atoms with Crippen LogP contribution in [0.2, 0.25) is 0 Å². The molecule has 19 heavy (non-hydrogen) atoms. The number of nitrogens with one attached hydrogen (secondary N) is 1. The molecule has 8 heteroatoms. The van der Waals surface area contributed by atoms with Gasteiger partial charge in [-0.05, 0) is 26.8 Å². The highest BCUT2D eigenvalue weighted by Gasteiger charge is 2.24. The van der Waals surface area contributed by atoms with Crippen molar-refractivity contribution in [3.05, 3.63) is 24.8 Å². The smallest absolute Gasteiger partial charge is 0.327 e. The fraction of sp³-hybridized carbons (Fsp3) is 0.455. The van der Waals surface area contributed by atoms with E-state index >= 15 is 0 Å². The summed E-state index contributed by atoms with van der Waals surface area (Å²) in [6.07, 6.45) is 3.59. The molecule has 0 rings (SSSR count). The van der Waals surface area contributed by atoms with E-state index in [4.69, 9.17) is 9.66 Å². The van der Waals surface area contributed by atoms with Crippen LogP contribution in [0.5, 0.6) is 0 Å². The van der Waals surface area contributed by atoms with Gasteiger partial charge in [0.05, 0.1) is 0 Å². The van der Waals surface area contributed by atoms with E-state index in [0.717, 1.165) is 12.2 Å². The Labute approximate surface area is 112 Å². The number of hydrogen-bond acceptors (Lipinski definition) is 4. The van der Waals surface area contributed by atoms with Gasteiger partial charge in [-0.15, -0.1) is 0 Å². The fourth-order valence-electron chi connectivity index (χ4n) is 0.801. The van der Waals surface area contributed by atoms with Crippen LogP contribution in [-0.2, 0) is 19.7 Å². The van der Waals surface area contributed by atoms with Gasteiger partial charge in [-0.1, -0.05) is 12.7 Å². The van der Waals surface area contributed by atoms with Crippen molar-refractivity contribution in [3.63, 3.8) is 0 Å². The summed E-state index contributed by atoms with van der Waals surface area (Å²) in [5.74, 6) is -1.36. The maximum Gasteiger partial charge on any atom is 0.327 e. The van der Waals surface area contributed by atoms with Crippen molar-refractivity contribution in [1.82, 2.24) is 5.32 Å². The van der Waals surface area contributed by atoms with Gasteiger partial charge in [0.2, 0.25) is 5.91 Å². The molecule has 0 aromatic carbocycles. The van der Waals surface area contributed by atoms with E-state index in [-0.39, 0.29) is 0 Å². The normalized spacial score (nSPS) is 13.9. The van der Waals surface area contributed by atoms with Gasteiger partial charge in [-0.25, -0.2) is 4.79 Å². The van der Waals surface area contributed by atoms with E-state index in [9.17, 15) is 18.0 Å². The van der Waals surface area contributed by atoms with Crippen molar-refractivity contribution in [2.45, 2.75) is 32.1 Å². The Kier molecular flexibility index (Phi) is 9.61. The number of rotatable bonds is 5. The zero-order chi connectivity index (χ0) is 15.6. The zero-order valence-electron chi connectivity index (χ0n) is 11.0. The number of hydrogen-bond donors (Lipinski definition) is 3. The van der Waals surface area contributed by atoms with Crippen LogP contribution in [0.25, 0.3) is 0 Å². The van der Waals surface area contributed by atoms with Crippen molar-refractivity contribution in [3.8, 4) is 0 Å². The van der Waals surface area contributed by atoms with Crippen LogP contribution in [0, 0.1) is 0 Å². The van der Waals surface area contributed by atoms with Gasteiger partial charge in [0, 0.05) is 12.1 Å². The van der Waals surface area contributed by atoms with E-state index in [2.05, 4.69) is 11.9 Å². The average molecular weight is 293 g/mol. The monoisotopic (exact) mass is 293 g/mol. The highest BCUT2D eigenvalue weighted by molar-refractivity contribution is 7.86. The van der Waals surface area contributed by atoms with Crippen molar-refractivity contribution in [1.29, 1.82) is 0 Å². The molecule has 0 saturated carbocycles. The molecule has 1 amide bonds. The molecule has 3 N–H and O–H groups in total. The van der Waals surface area contributed by atoms with Gasteiger partial charge < -0.3 is 10.4 Å². The summed E-state index contributed by atoms with van der Waals surface area (Å²) < 4.78 is 29.9. The predicted molar refractivity (Wildman–Crippen MR) is 71.3 cm³/mol. The lowest BCUT2D eigenvalue weighted by atomic mass is 10.2. The molecule has 110 valence electrons. The third-order valence-corrected chi connectivity index (χ3v) is 3.39. The van der Waals surface area contributed by atoms with Gasteiger partial charge >= 0.3 is 5.97 Å². The standard InChI is InChI=1S/C7H13NO4S.C4H6O2/c1-4-7(9)8-5(2)6(3)13(10,11)12;1-2-3-4(5)6/h4-6H,1H2,2-3H3,(H,8,9)(H,10,11,12);2-3H,1H3,(H,5,6). The maximum absolute atomic E-state index is 10.7. The summed E-state index contributed by atoms with van der Waals surface area (Å²) in [7, 11) is -4.10. The Morgan fingerprint density at radius 1 is 1.32 bits per heavy atom. The summed E-state index contributed by atoms with van der Waals surface area (Å²) >= 11 is 0. The Morgan fingerprint density at radius 3 is 2.00 bits per heavy atom. The molecule has 2 atom stereocenters. The number of carboxylic acids is 1. The number of carboxylic acid groups (broad SMARTS) is 1. The molecule has 0 radical (unpaired) electrons. The minimum absolute atomic E-state index is 0.469. The van der Waals surface area contributed by atoms with Crippen LogP contribution in [0.1, 0.15) is 20.8 Å². The second-order valence-corrected chi connectivity index (χ2v) is 5.33. The van der Waals surface area contributed by atoms with Crippen molar-refractivity contribution >= 4 is 22.0 Å². The van der Waals surface area contributed by atoms with Crippen LogP contribution >= 0.6 is 0 Å². The van der Waals surface area contributed by atoms with E-state index < -0.39 is 33.3 Å². The molecule has 0 bridgehead atoms. The van der Waals surface area contributed by atoms with Crippen LogP contribution in [0.3, 0.4) is 0 Å². The zero-order valence-corrected chi connectivity index (χ0v) is 11.8. The summed E-state index contributed by atoms with van der Waals surface area (Å²) in [6.45, 7) is 7.67. The molecule has 0 saturated heterocycles. The van der Waals surface area contributed by atoms with Crippen LogP contribution in [-0.4, -0.2) is 41.2 Å². The SMILES string of the molecule is C=CC(=O)NC(C)C(C)S(=O)(=O)O.CC=CC(=O)O. The highest BCUT2D eigenvalue weighted by Crippen LogP contribution is 2.03. The Balaban J connectivity index is 0. The van der Waals surface area contributed by atoms with E-state index in [1.165, 1.54) is 19.9 Å². The quantitative estimate of drug-likeness (QED) is 0.504. The number of carbonyl (C=O) groups is 2. The van der Waals surface area contributed by atoms with Gasteiger partial charge in [-0.3, -0.25) is 9.35 Å². The lowest BCUT2D eigenvalue weighted by Gasteiger charge is -2.17. The van der Waals surface area contributed by atoms with Gasteiger partial charge in [0.25, 0.3) is 10.1 Å². The molecule has 0 spiro atoms. The topological polar surface area (TPSA) is 121 Å². The first kappa shape index (κ1) is 19.7. The third-order valence-electron chi connectivity index (χ3n) is 2.04. The van der Waals surface area contributed by atoms with Gasteiger partial charge in [-0.2, -0.15) is 8.42 Å². The maximum atomic E-state index is 10.7. The molecule has 0 aromatic heterocycles. The fourth-order valence-corrected chi connectivity index (χ4v) is 1.39. The number of aliphatic carboxylic acids is 1. The number of carbonyl (C=O) groups excluding carboxylic acids is 1. The molecule has 0 aliphatic rings. The second-order valence-electron chi connectivity index (χ2n) is 3.56. The van der Waals surface area contributed by atoms with E-state index in [1.807, 2.05) is 0 Å². The Bertz CT molecular complexity index is 440. The van der Waals surface area contributed by atoms with E-state index in [1.54, 1.807) is 6.92 Å². The number of amides is 1.